The first-order chi connectivity index (χ1) is 11.2. The van der Waals surface area contributed by atoms with Crippen LogP contribution in [0.1, 0.15) is 29.8 Å². The smallest absolute Gasteiger partial charge is 0.255 e. The third kappa shape index (κ3) is 4.39. The van der Waals surface area contributed by atoms with E-state index >= 15 is 0 Å². The molecule has 0 aliphatic heterocycles. The Labute approximate surface area is 141 Å². The average Bonchev–Trinajstić information content (AvgIpc) is 2.50. The number of hydrogen-bond donors (Lipinski definition) is 2. The van der Waals surface area contributed by atoms with E-state index in [2.05, 4.69) is 10.0 Å². The molecular formula is C17H19FN2O3S. The predicted octanol–water partition coefficient (Wildman–Crippen LogP) is 3.07. The van der Waals surface area contributed by atoms with Gasteiger partial charge in [-0.2, -0.15) is 0 Å². The number of aryl methyl sites for hydroxylation is 1. The molecule has 24 heavy (non-hydrogen) atoms. The quantitative estimate of drug-likeness (QED) is 0.870. The fourth-order valence-corrected chi connectivity index (χ4v) is 3.29. The van der Waals surface area contributed by atoms with E-state index in [9.17, 15) is 17.6 Å². The van der Waals surface area contributed by atoms with Gasteiger partial charge in [0.15, 0.2) is 0 Å². The number of carbonyl (C=O) groups excluding carboxylic acids is 1. The second-order valence-electron chi connectivity index (χ2n) is 5.72. The van der Waals surface area contributed by atoms with Crippen LogP contribution in [0.4, 0.5) is 10.1 Å². The van der Waals surface area contributed by atoms with Gasteiger partial charge in [-0.1, -0.05) is 6.07 Å². The lowest BCUT2D eigenvalue weighted by Crippen LogP contribution is -2.30. The van der Waals surface area contributed by atoms with Gasteiger partial charge in [-0.25, -0.2) is 17.5 Å². The van der Waals surface area contributed by atoms with Crippen LogP contribution in [-0.4, -0.2) is 20.4 Å². The van der Waals surface area contributed by atoms with Crippen molar-refractivity contribution in [1.29, 1.82) is 0 Å². The fourth-order valence-electron chi connectivity index (χ4n) is 2.04. The topological polar surface area (TPSA) is 75.3 Å². The van der Waals surface area contributed by atoms with Crippen molar-refractivity contribution in [3.8, 4) is 0 Å². The van der Waals surface area contributed by atoms with Crippen molar-refractivity contribution >= 4 is 21.6 Å². The number of rotatable bonds is 5. The number of hydrogen-bond acceptors (Lipinski definition) is 3. The number of halogens is 1. The number of anilines is 1. The maximum atomic E-state index is 13.5. The fraction of sp³-hybridized carbons (Fsp3) is 0.235. The highest BCUT2D eigenvalue weighted by molar-refractivity contribution is 7.89. The van der Waals surface area contributed by atoms with Crippen molar-refractivity contribution in [1.82, 2.24) is 4.72 Å². The first-order valence-corrected chi connectivity index (χ1v) is 8.87. The van der Waals surface area contributed by atoms with Gasteiger partial charge >= 0.3 is 0 Å². The summed E-state index contributed by atoms with van der Waals surface area (Å²) in [5.74, 6) is -0.854. The third-order valence-electron chi connectivity index (χ3n) is 3.25. The van der Waals surface area contributed by atoms with E-state index < -0.39 is 21.7 Å². The first kappa shape index (κ1) is 18.1. The Hall–Kier alpha value is -2.25. The molecule has 0 spiro atoms. The van der Waals surface area contributed by atoms with Gasteiger partial charge < -0.3 is 5.32 Å². The lowest BCUT2D eigenvalue weighted by molar-refractivity contribution is 0.102. The average molecular weight is 350 g/mol. The van der Waals surface area contributed by atoms with E-state index in [1.807, 2.05) is 0 Å². The normalized spacial score (nSPS) is 11.5. The SMILES string of the molecule is Cc1ccc(NC(=O)c2ccc(S(=O)(=O)NC(C)C)cc2)cc1F. The Morgan fingerprint density at radius 3 is 2.25 bits per heavy atom. The number of nitrogens with one attached hydrogen (secondary N) is 2. The summed E-state index contributed by atoms with van der Waals surface area (Å²) in [4.78, 5) is 12.2. The lowest BCUT2D eigenvalue weighted by atomic mass is 10.2. The first-order valence-electron chi connectivity index (χ1n) is 7.39. The molecule has 0 unspecified atom stereocenters. The van der Waals surface area contributed by atoms with Crippen molar-refractivity contribution in [3.63, 3.8) is 0 Å². The van der Waals surface area contributed by atoms with Crippen LogP contribution in [0.2, 0.25) is 0 Å². The molecule has 1 amide bonds. The zero-order valence-electron chi connectivity index (χ0n) is 13.6. The van der Waals surface area contributed by atoms with Crippen molar-refractivity contribution in [2.24, 2.45) is 0 Å². The summed E-state index contributed by atoms with van der Waals surface area (Å²) in [6.07, 6.45) is 0. The number of sulfonamides is 1. The molecule has 0 aliphatic carbocycles. The molecule has 0 aliphatic rings. The minimum Gasteiger partial charge on any atom is -0.322 e. The maximum absolute atomic E-state index is 13.5. The summed E-state index contributed by atoms with van der Waals surface area (Å²) in [7, 11) is -3.60. The molecule has 2 rings (SSSR count). The van der Waals surface area contributed by atoms with E-state index in [1.54, 1.807) is 32.9 Å². The molecule has 0 fully saturated rings. The van der Waals surface area contributed by atoms with Gasteiger partial charge in [-0.15, -0.1) is 0 Å². The highest BCUT2D eigenvalue weighted by Crippen LogP contribution is 2.16. The molecule has 0 atom stereocenters. The molecule has 2 aromatic carbocycles. The van der Waals surface area contributed by atoms with Crippen LogP contribution in [-0.2, 0) is 10.0 Å². The van der Waals surface area contributed by atoms with Gasteiger partial charge in [0.05, 0.1) is 4.90 Å². The van der Waals surface area contributed by atoms with Gasteiger partial charge in [-0.3, -0.25) is 4.79 Å². The Kier molecular flexibility index (Phi) is 5.36. The van der Waals surface area contributed by atoms with Crippen LogP contribution in [0.25, 0.3) is 0 Å². The maximum Gasteiger partial charge on any atom is 0.255 e. The lowest BCUT2D eigenvalue weighted by Gasteiger charge is -2.10. The van der Waals surface area contributed by atoms with Crippen molar-refractivity contribution < 1.29 is 17.6 Å². The summed E-state index contributed by atoms with van der Waals surface area (Å²) >= 11 is 0. The summed E-state index contributed by atoms with van der Waals surface area (Å²) in [6.45, 7) is 5.07. The molecule has 0 radical (unpaired) electrons. The van der Waals surface area contributed by atoms with E-state index in [0.717, 1.165) is 0 Å². The summed E-state index contributed by atoms with van der Waals surface area (Å²) in [5, 5.41) is 2.57. The van der Waals surface area contributed by atoms with E-state index in [-0.39, 0.29) is 16.5 Å². The molecule has 0 bridgehead atoms. The highest BCUT2D eigenvalue weighted by Gasteiger charge is 2.16. The largest absolute Gasteiger partial charge is 0.322 e. The molecule has 0 saturated heterocycles. The van der Waals surface area contributed by atoms with Crippen molar-refractivity contribution in [2.75, 3.05) is 5.32 Å². The number of amides is 1. The van der Waals surface area contributed by atoms with Crippen molar-refractivity contribution in [2.45, 2.75) is 31.7 Å². The Morgan fingerprint density at radius 2 is 1.71 bits per heavy atom. The minimum atomic E-state index is -3.60. The summed E-state index contributed by atoms with van der Waals surface area (Å²) < 4.78 is 40.0. The highest BCUT2D eigenvalue weighted by atomic mass is 32.2. The number of benzene rings is 2. The Bertz CT molecular complexity index is 847. The predicted molar refractivity (Wildman–Crippen MR) is 91.0 cm³/mol. The molecule has 5 nitrogen and oxygen atoms in total. The molecular weight excluding hydrogens is 331 g/mol. The minimum absolute atomic E-state index is 0.0779. The van der Waals surface area contributed by atoms with Gasteiger partial charge in [-0.05, 0) is 62.7 Å². The second kappa shape index (κ2) is 7.11. The van der Waals surface area contributed by atoms with Crippen LogP contribution in [0.15, 0.2) is 47.4 Å². The molecule has 128 valence electrons. The zero-order valence-corrected chi connectivity index (χ0v) is 14.4. The second-order valence-corrected chi connectivity index (χ2v) is 7.43. The van der Waals surface area contributed by atoms with Crippen LogP contribution in [0, 0.1) is 12.7 Å². The van der Waals surface area contributed by atoms with Crippen LogP contribution in [0.5, 0.6) is 0 Å². The van der Waals surface area contributed by atoms with Gasteiger partial charge in [0.25, 0.3) is 5.91 Å². The molecule has 2 N–H and O–H groups in total. The molecule has 0 heterocycles. The van der Waals surface area contributed by atoms with E-state index in [0.29, 0.717) is 11.3 Å². The molecule has 2 aromatic rings. The Morgan fingerprint density at radius 1 is 1.08 bits per heavy atom. The van der Waals surface area contributed by atoms with E-state index in [1.165, 1.54) is 30.3 Å². The molecule has 0 aromatic heterocycles. The van der Waals surface area contributed by atoms with E-state index in [4.69, 9.17) is 0 Å². The van der Waals surface area contributed by atoms with Crippen LogP contribution >= 0.6 is 0 Å². The monoisotopic (exact) mass is 350 g/mol. The van der Waals surface area contributed by atoms with Crippen LogP contribution in [0.3, 0.4) is 0 Å². The van der Waals surface area contributed by atoms with Gasteiger partial charge in [0, 0.05) is 17.3 Å². The third-order valence-corrected chi connectivity index (χ3v) is 4.92. The van der Waals surface area contributed by atoms with Crippen molar-refractivity contribution in [3.05, 3.63) is 59.4 Å². The van der Waals surface area contributed by atoms with Gasteiger partial charge in [0.2, 0.25) is 10.0 Å². The van der Waals surface area contributed by atoms with Gasteiger partial charge in [0.1, 0.15) is 5.82 Å². The summed E-state index contributed by atoms with van der Waals surface area (Å²) in [5.41, 5.74) is 1.10. The van der Waals surface area contributed by atoms with Crippen LogP contribution < -0.4 is 10.0 Å². The molecule has 0 saturated carbocycles. The standard InChI is InChI=1S/C17H19FN2O3S/c1-11(2)20-24(22,23)15-8-5-13(6-9-15)17(21)19-14-7-4-12(3)16(18)10-14/h4-11,20H,1-3H3,(H,19,21). The number of carbonyl (C=O) groups is 1. The zero-order chi connectivity index (χ0) is 17.9. The Balaban J connectivity index is 2.15. The molecule has 7 heteroatoms. The summed E-state index contributed by atoms with van der Waals surface area (Å²) in [6, 6.07) is 9.71.